The number of amides is 2. The summed E-state index contributed by atoms with van der Waals surface area (Å²) in [6.07, 6.45) is 3.22. The third-order valence-corrected chi connectivity index (χ3v) is 4.39. The Morgan fingerprint density at radius 1 is 1.12 bits per heavy atom. The molecule has 0 aliphatic carbocycles. The van der Waals surface area contributed by atoms with Crippen molar-refractivity contribution in [3.05, 3.63) is 29.8 Å². The first-order chi connectivity index (χ1) is 12.3. The van der Waals surface area contributed by atoms with E-state index >= 15 is 0 Å². The monoisotopic (exact) mass is 360 g/mol. The second kappa shape index (κ2) is 8.83. The minimum Gasteiger partial charge on any atom is -0.454 e. The molecule has 1 aromatic carbocycles. The van der Waals surface area contributed by atoms with Gasteiger partial charge in [-0.1, -0.05) is 39.3 Å². The summed E-state index contributed by atoms with van der Waals surface area (Å²) in [5.41, 5.74) is 1.87. The number of rotatable bonds is 5. The van der Waals surface area contributed by atoms with Crippen LogP contribution in [0.15, 0.2) is 24.3 Å². The molecule has 0 unspecified atom stereocenters. The first-order valence-electron chi connectivity index (χ1n) is 9.09. The fourth-order valence-electron chi connectivity index (χ4n) is 2.80. The van der Waals surface area contributed by atoms with E-state index in [1.807, 2.05) is 24.3 Å². The fraction of sp³-hybridized carbons (Fsp3) is 0.550. The summed E-state index contributed by atoms with van der Waals surface area (Å²) in [5.74, 6) is -0.981. The molecule has 0 radical (unpaired) electrons. The van der Waals surface area contributed by atoms with E-state index in [0.29, 0.717) is 18.7 Å². The fourth-order valence-corrected chi connectivity index (χ4v) is 2.80. The predicted octanol–water partition coefficient (Wildman–Crippen LogP) is 2.87. The molecule has 142 valence electrons. The number of benzene rings is 1. The largest absolute Gasteiger partial charge is 0.454 e. The van der Waals surface area contributed by atoms with Crippen LogP contribution in [0.1, 0.15) is 52.0 Å². The molecule has 0 aromatic heterocycles. The SMILES string of the molecule is CC(C)(C)c1ccc(NC(=O)COC(=O)CN2CCCCCC2=O)cc1. The summed E-state index contributed by atoms with van der Waals surface area (Å²) < 4.78 is 5.00. The van der Waals surface area contributed by atoms with E-state index in [2.05, 4.69) is 26.1 Å². The Morgan fingerprint density at radius 2 is 1.81 bits per heavy atom. The lowest BCUT2D eigenvalue weighted by molar-refractivity contribution is -0.151. The molecule has 0 bridgehead atoms. The smallest absolute Gasteiger partial charge is 0.326 e. The highest BCUT2D eigenvalue weighted by atomic mass is 16.5. The van der Waals surface area contributed by atoms with Gasteiger partial charge in [0, 0.05) is 18.7 Å². The van der Waals surface area contributed by atoms with E-state index in [-0.39, 0.29) is 24.5 Å². The molecule has 26 heavy (non-hydrogen) atoms. The number of hydrogen-bond donors (Lipinski definition) is 1. The maximum atomic E-state index is 11.9. The second-order valence-electron chi connectivity index (χ2n) is 7.66. The van der Waals surface area contributed by atoms with Gasteiger partial charge in [0.1, 0.15) is 6.54 Å². The highest BCUT2D eigenvalue weighted by Crippen LogP contribution is 2.23. The lowest BCUT2D eigenvalue weighted by atomic mass is 9.87. The van der Waals surface area contributed by atoms with Crippen LogP contribution in [0.25, 0.3) is 0 Å². The van der Waals surface area contributed by atoms with Gasteiger partial charge >= 0.3 is 5.97 Å². The molecule has 2 rings (SSSR count). The van der Waals surface area contributed by atoms with E-state index in [1.165, 1.54) is 10.5 Å². The molecule has 0 saturated carbocycles. The zero-order valence-corrected chi connectivity index (χ0v) is 15.8. The van der Waals surface area contributed by atoms with E-state index in [4.69, 9.17) is 4.74 Å². The highest BCUT2D eigenvalue weighted by Gasteiger charge is 2.20. The first kappa shape index (κ1) is 19.9. The Hall–Kier alpha value is -2.37. The number of nitrogens with one attached hydrogen (secondary N) is 1. The van der Waals surface area contributed by atoms with Gasteiger partial charge in [-0.05, 0) is 36.0 Å². The van der Waals surface area contributed by atoms with Gasteiger partial charge in [0.2, 0.25) is 5.91 Å². The molecule has 6 nitrogen and oxygen atoms in total. The average Bonchev–Trinajstić information content (AvgIpc) is 2.77. The summed E-state index contributed by atoms with van der Waals surface area (Å²) >= 11 is 0. The van der Waals surface area contributed by atoms with Crippen LogP contribution in [0.2, 0.25) is 0 Å². The molecule has 2 amide bonds. The second-order valence-corrected chi connectivity index (χ2v) is 7.66. The van der Waals surface area contributed by atoms with Crippen LogP contribution in [0.4, 0.5) is 5.69 Å². The van der Waals surface area contributed by atoms with Gasteiger partial charge in [-0.2, -0.15) is 0 Å². The molecule has 0 spiro atoms. The number of carbonyl (C=O) groups is 3. The molecular weight excluding hydrogens is 332 g/mol. The van der Waals surface area contributed by atoms with E-state index in [0.717, 1.165) is 19.3 Å². The van der Waals surface area contributed by atoms with Crippen LogP contribution in [0.3, 0.4) is 0 Å². The molecule has 1 heterocycles. The lowest BCUT2D eigenvalue weighted by Gasteiger charge is -2.19. The number of hydrogen-bond acceptors (Lipinski definition) is 4. The quantitative estimate of drug-likeness (QED) is 0.819. The molecule has 1 saturated heterocycles. The Labute approximate surface area is 154 Å². The van der Waals surface area contributed by atoms with Gasteiger partial charge in [-0.25, -0.2) is 0 Å². The molecular formula is C20H28N2O4. The summed E-state index contributed by atoms with van der Waals surface area (Å²) in [6, 6.07) is 7.59. The number of anilines is 1. The average molecular weight is 360 g/mol. The Balaban J connectivity index is 1.77. The number of ether oxygens (including phenoxy) is 1. The molecule has 1 aliphatic rings. The summed E-state index contributed by atoms with van der Waals surface area (Å²) in [5, 5.41) is 2.70. The number of carbonyl (C=O) groups excluding carboxylic acids is 3. The zero-order chi connectivity index (χ0) is 19.2. The molecule has 1 aromatic rings. The molecule has 1 fully saturated rings. The van der Waals surface area contributed by atoms with Crippen molar-refractivity contribution in [3.63, 3.8) is 0 Å². The number of likely N-dealkylation sites (tertiary alicyclic amines) is 1. The number of nitrogens with zero attached hydrogens (tertiary/aromatic N) is 1. The van der Waals surface area contributed by atoms with Crippen molar-refractivity contribution in [2.75, 3.05) is 25.0 Å². The first-order valence-corrected chi connectivity index (χ1v) is 9.09. The van der Waals surface area contributed by atoms with E-state index in [1.54, 1.807) is 0 Å². The van der Waals surface area contributed by atoms with Crippen molar-refractivity contribution in [1.82, 2.24) is 4.90 Å². The van der Waals surface area contributed by atoms with Crippen LogP contribution in [-0.4, -0.2) is 42.4 Å². The third-order valence-electron chi connectivity index (χ3n) is 4.39. The summed E-state index contributed by atoms with van der Waals surface area (Å²) in [4.78, 5) is 37.2. The topological polar surface area (TPSA) is 75.7 Å². The van der Waals surface area contributed by atoms with Crippen LogP contribution in [0.5, 0.6) is 0 Å². The predicted molar refractivity (Wildman–Crippen MR) is 99.8 cm³/mol. The molecule has 0 atom stereocenters. The van der Waals surface area contributed by atoms with Gasteiger partial charge < -0.3 is 15.0 Å². The van der Waals surface area contributed by atoms with Crippen LogP contribution in [-0.2, 0) is 24.5 Å². The van der Waals surface area contributed by atoms with Crippen LogP contribution < -0.4 is 5.32 Å². The van der Waals surface area contributed by atoms with Gasteiger partial charge in [-0.3, -0.25) is 14.4 Å². The van der Waals surface area contributed by atoms with Crippen molar-refractivity contribution < 1.29 is 19.1 Å². The van der Waals surface area contributed by atoms with Gasteiger partial charge in [0.05, 0.1) is 0 Å². The van der Waals surface area contributed by atoms with Crippen molar-refractivity contribution in [2.24, 2.45) is 0 Å². The third kappa shape index (κ3) is 6.17. The van der Waals surface area contributed by atoms with Crippen molar-refractivity contribution in [2.45, 2.75) is 51.9 Å². The summed E-state index contributed by atoms with van der Waals surface area (Å²) in [6.45, 7) is 6.48. The van der Waals surface area contributed by atoms with Crippen molar-refractivity contribution in [3.8, 4) is 0 Å². The zero-order valence-electron chi connectivity index (χ0n) is 15.8. The van der Waals surface area contributed by atoms with Gasteiger partial charge in [-0.15, -0.1) is 0 Å². The Bertz CT molecular complexity index is 647. The Morgan fingerprint density at radius 3 is 2.46 bits per heavy atom. The maximum Gasteiger partial charge on any atom is 0.326 e. The Kier molecular flexibility index (Phi) is 6.77. The molecule has 1 N–H and O–H groups in total. The highest BCUT2D eigenvalue weighted by molar-refractivity contribution is 5.93. The standard InChI is InChI=1S/C20H28N2O4/c1-20(2,3)15-8-10-16(11-9-15)21-17(23)14-26-19(25)13-22-12-6-4-5-7-18(22)24/h8-11H,4-7,12-14H2,1-3H3,(H,21,23). The summed E-state index contributed by atoms with van der Waals surface area (Å²) in [7, 11) is 0. The number of esters is 1. The van der Waals surface area contributed by atoms with E-state index < -0.39 is 11.9 Å². The molecule has 6 heteroatoms. The van der Waals surface area contributed by atoms with Crippen LogP contribution in [0, 0.1) is 0 Å². The maximum absolute atomic E-state index is 11.9. The van der Waals surface area contributed by atoms with Crippen LogP contribution >= 0.6 is 0 Å². The van der Waals surface area contributed by atoms with E-state index in [9.17, 15) is 14.4 Å². The van der Waals surface area contributed by atoms with Gasteiger partial charge in [0.15, 0.2) is 6.61 Å². The minimum absolute atomic E-state index is 0.0251. The normalized spacial score (nSPS) is 15.3. The minimum atomic E-state index is -0.557. The van der Waals surface area contributed by atoms with Crippen molar-refractivity contribution in [1.29, 1.82) is 0 Å². The molecule has 1 aliphatic heterocycles. The lowest BCUT2D eigenvalue weighted by Crippen LogP contribution is -2.36. The van der Waals surface area contributed by atoms with Crippen molar-refractivity contribution >= 4 is 23.5 Å². The van der Waals surface area contributed by atoms with Gasteiger partial charge in [0.25, 0.3) is 5.91 Å².